The van der Waals surface area contributed by atoms with Crippen molar-refractivity contribution in [3.05, 3.63) is 41.5 Å². The zero-order valence-electron chi connectivity index (χ0n) is 11.6. The second kappa shape index (κ2) is 5.11. The lowest BCUT2D eigenvalue weighted by Gasteiger charge is -2.07. The van der Waals surface area contributed by atoms with E-state index < -0.39 is 11.6 Å². The van der Waals surface area contributed by atoms with Gasteiger partial charge in [0.05, 0.1) is 22.8 Å². The van der Waals surface area contributed by atoms with Gasteiger partial charge in [-0.3, -0.25) is 9.25 Å². The summed E-state index contributed by atoms with van der Waals surface area (Å²) in [5.74, 6) is -1.29. The number of nitrogens with zero attached hydrogens (tertiary/aromatic N) is 4. The summed E-state index contributed by atoms with van der Waals surface area (Å²) in [6.45, 7) is 1.95. The SMILES string of the molecule is CCc1nn(C)cc1-n1c(CCl)nc2ccc(F)c(F)c21. The molecule has 4 nitrogen and oxygen atoms in total. The summed E-state index contributed by atoms with van der Waals surface area (Å²) in [4.78, 5) is 4.28. The lowest BCUT2D eigenvalue weighted by atomic mass is 10.2. The van der Waals surface area contributed by atoms with Crippen LogP contribution in [0.25, 0.3) is 16.7 Å². The molecule has 7 heteroatoms. The van der Waals surface area contributed by atoms with E-state index in [4.69, 9.17) is 11.6 Å². The molecule has 0 saturated heterocycles. The molecular formula is C14H13ClF2N4. The lowest BCUT2D eigenvalue weighted by Crippen LogP contribution is -2.03. The first-order valence-electron chi connectivity index (χ1n) is 6.51. The molecule has 3 rings (SSSR count). The summed E-state index contributed by atoms with van der Waals surface area (Å²) >= 11 is 5.92. The third kappa shape index (κ3) is 2.10. The van der Waals surface area contributed by atoms with Crippen molar-refractivity contribution in [1.82, 2.24) is 19.3 Å². The van der Waals surface area contributed by atoms with Gasteiger partial charge in [-0.15, -0.1) is 11.6 Å². The summed E-state index contributed by atoms with van der Waals surface area (Å²) in [6.07, 6.45) is 2.41. The fourth-order valence-corrected chi connectivity index (χ4v) is 2.64. The van der Waals surface area contributed by atoms with E-state index in [1.165, 1.54) is 6.07 Å². The number of halogens is 3. The smallest absolute Gasteiger partial charge is 0.185 e. The van der Waals surface area contributed by atoms with E-state index in [1.54, 1.807) is 22.5 Å². The molecule has 2 heterocycles. The van der Waals surface area contributed by atoms with Crippen LogP contribution in [-0.4, -0.2) is 19.3 Å². The fourth-order valence-electron chi connectivity index (χ4n) is 2.46. The van der Waals surface area contributed by atoms with Crippen molar-refractivity contribution in [2.45, 2.75) is 19.2 Å². The fraction of sp³-hybridized carbons (Fsp3) is 0.286. The van der Waals surface area contributed by atoms with E-state index in [0.717, 1.165) is 11.8 Å². The van der Waals surface area contributed by atoms with Gasteiger partial charge in [-0.1, -0.05) is 6.92 Å². The highest BCUT2D eigenvalue weighted by molar-refractivity contribution is 6.17. The number of imidazole rings is 1. The van der Waals surface area contributed by atoms with Crippen molar-refractivity contribution < 1.29 is 8.78 Å². The van der Waals surface area contributed by atoms with Crippen LogP contribution in [0.15, 0.2) is 18.3 Å². The Kier molecular flexibility index (Phi) is 3.41. The minimum absolute atomic E-state index is 0.0911. The van der Waals surface area contributed by atoms with Crippen LogP contribution in [0, 0.1) is 11.6 Å². The molecule has 2 aromatic heterocycles. The second-order valence-electron chi connectivity index (χ2n) is 4.71. The number of aryl methyl sites for hydroxylation is 2. The van der Waals surface area contributed by atoms with Gasteiger partial charge in [0.25, 0.3) is 0 Å². The molecule has 0 amide bonds. The summed E-state index contributed by atoms with van der Waals surface area (Å²) in [5, 5.41) is 4.33. The van der Waals surface area contributed by atoms with Crippen LogP contribution in [0.3, 0.4) is 0 Å². The van der Waals surface area contributed by atoms with Crippen molar-refractivity contribution in [2.75, 3.05) is 0 Å². The normalized spacial score (nSPS) is 11.5. The van der Waals surface area contributed by atoms with Gasteiger partial charge in [-0.25, -0.2) is 13.8 Å². The van der Waals surface area contributed by atoms with Gasteiger partial charge in [0.15, 0.2) is 11.6 Å². The Morgan fingerprint density at radius 2 is 2.05 bits per heavy atom. The maximum absolute atomic E-state index is 14.2. The molecular weight excluding hydrogens is 298 g/mol. The maximum atomic E-state index is 14.2. The Morgan fingerprint density at radius 3 is 2.71 bits per heavy atom. The number of rotatable bonds is 3. The molecule has 0 aliphatic rings. The Morgan fingerprint density at radius 1 is 1.29 bits per heavy atom. The molecule has 0 unspecified atom stereocenters. The molecule has 0 N–H and O–H groups in total. The highest BCUT2D eigenvalue weighted by Crippen LogP contribution is 2.28. The summed E-state index contributed by atoms with van der Waals surface area (Å²) in [6, 6.07) is 2.51. The van der Waals surface area contributed by atoms with E-state index in [-0.39, 0.29) is 11.4 Å². The molecule has 0 fully saturated rings. The van der Waals surface area contributed by atoms with E-state index in [1.807, 2.05) is 6.92 Å². The molecule has 1 aromatic carbocycles. The van der Waals surface area contributed by atoms with Crippen molar-refractivity contribution >= 4 is 22.6 Å². The Bertz CT molecular complexity index is 822. The standard InChI is InChI=1S/C14H13ClF2N4/c1-3-9-11(7-20(2)19-9)21-12(6-15)18-10-5-4-8(16)13(17)14(10)21/h4-5,7H,3,6H2,1-2H3. The van der Waals surface area contributed by atoms with Gasteiger partial charge < -0.3 is 0 Å². The summed E-state index contributed by atoms with van der Waals surface area (Å²) in [5.41, 5.74) is 1.90. The minimum Gasteiger partial charge on any atom is -0.289 e. The molecule has 3 aromatic rings. The van der Waals surface area contributed by atoms with Crippen molar-refractivity contribution in [1.29, 1.82) is 0 Å². The molecule has 0 aliphatic heterocycles. The molecule has 21 heavy (non-hydrogen) atoms. The quantitative estimate of drug-likeness (QED) is 0.696. The van der Waals surface area contributed by atoms with Crippen LogP contribution in [0.4, 0.5) is 8.78 Å². The zero-order chi connectivity index (χ0) is 15.1. The first kappa shape index (κ1) is 14.0. The summed E-state index contributed by atoms with van der Waals surface area (Å²) in [7, 11) is 1.78. The monoisotopic (exact) mass is 310 g/mol. The van der Waals surface area contributed by atoms with Crippen LogP contribution in [-0.2, 0) is 19.3 Å². The van der Waals surface area contributed by atoms with Crippen molar-refractivity contribution in [3.63, 3.8) is 0 Å². The highest BCUT2D eigenvalue weighted by Gasteiger charge is 2.21. The van der Waals surface area contributed by atoms with Crippen LogP contribution >= 0.6 is 11.6 Å². The molecule has 0 aliphatic carbocycles. The number of alkyl halides is 1. The molecule has 0 spiro atoms. The molecule has 0 radical (unpaired) electrons. The first-order valence-corrected chi connectivity index (χ1v) is 7.04. The van der Waals surface area contributed by atoms with E-state index in [0.29, 0.717) is 23.4 Å². The van der Waals surface area contributed by atoms with E-state index in [2.05, 4.69) is 10.1 Å². The van der Waals surface area contributed by atoms with Crippen molar-refractivity contribution in [3.8, 4) is 5.69 Å². The number of hydrogen-bond donors (Lipinski definition) is 0. The third-order valence-electron chi connectivity index (χ3n) is 3.36. The zero-order valence-corrected chi connectivity index (χ0v) is 12.3. The molecule has 110 valence electrons. The molecule has 0 bridgehead atoms. The van der Waals surface area contributed by atoms with Crippen LogP contribution in [0.5, 0.6) is 0 Å². The second-order valence-corrected chi connectivity index (χ2v) is 4.98. The Labute approximate surface area is 125 Å². The van der Waals surface area contributed by atoms with Gasteiger partial charge in [0.1, 0.15) is 11.3 Å². The Hall–Kier alpha value is -1.95. The molecule has 0 atom stereocenters. The van der Waals surface area contributed by atoms with Crippen LogP contribution in [0.2, 0.25) is 0 Å². The lowest BCUT2D eigenvalue weighted by molar-refractivity contribution is 0.514. The van der Waals surface area contributed by atoms with Gasteiger partial charge in [-0.2, -0.15) is 5.10 Å². The predicted molar refractivity (Wildman–Crippen MR) is 76.7 cm³/mol. The number of benzene rings is 1. The summed E-state index contributed by atoms with van der Waals surface area (Å²) < 4.78 is 31.0. The predicted octanol–water partition coefficient (Wildman–Crippen LogP) is 3.34. The maximum Gasteiger partial charge on any atom is 0.185 e. The molecule has 0 saturated carbocycles. The van der Waals surface area contributed by atoms with Crippen LogP contribution in [0.1, 0.15) is 18.4 Å². The van der Waals surface area contributed by atoms with E-state index in [9.17, 15) is 8.78 Å². The van der Waals surface area contributed by atoms with Gasteiger partial charge in [-0.05, 0) is 18.6 Å². The Balaban J connectivity index is 2.42. The van der Waals surface area contributed by atoms with Gasteiger partial charge in [0.2, 0.25) is 0 Å². The van der Waals surface area contributed by atoms with Crippen LogP contribution < -0.4 is 0 Å². The number of fused-ring (bicyclic) bond motifs is 1. The van der Waals surface area contributed by atoms with E-state index >= 15 is 0 Å². The number of hydrogen-bond acceptors (Lipinski definition) is 2. The topological polar surface area (TPSA) is 35.6 Å². The van der Waals surface area contributed by atoms with Gasteiger partial charge >= 0.3 is 0 Å². The largest absolute Gasteiger partial charge is 0.289 e. The number of aromatic nitrogens is 4. The highest BCUT2D eigenvalue weighted by atomic mass is 35.5. The van der Waals surface area contributed by atoms with Crippen molar-refractivity contribution in [2.24, 2.45) is 7.05 Å². The first-order chi connectivity index (χ1) is 10.1. The van der Waals surface area contributed by atoms with Gasteiger partial charge in [0, 0.05) is 13.2 Å². The minimum atomic E-state index is -0.928. The average Bonchev–Trinajstić information content (AvgIpc) is 3.02. The third-order valence-corrected chi connectivity index (χ3v) is 3.60. The average molecular weight is 311 g/mol.